The quantitative estimate of drug-likeness (QED) is 0.779. The number of anilines is 1. The molecular formula is C18H26N4O3. The molecule has 0 saturated carbocycles. The van der Waals surface area contributed by atoms with Crippen molar-refractivity contribution in [2.75, 3.05) is 44.7 Å². The second kappa shape index (κ2) is 8.42. The van der Waals surface area contributed by atoms with Crippen LogP contribution in [0, 0.1) is 0 Å². The molecule has 2 amide bonds. The van der Waals surface area contributed by atoms with Gasteiger partial charge in [0.05, 0.1) is 25.8 Å². The van der Waals surface area contributed by atoms with Crippen molar-refractivity contribution >= 4 is 17.5 Å². The van der Waals surface area contributed by atoms with Crippen LogP contribution in [0.4, 0.5) is 5.69 Å². The van der Waals surface area contributed by atoms with E-state index >= 15 is 0 Å². The van der Waals surface area contributed by atoms with E-state index in [0.29, 0.717) is 0 Å². The lowest BCUT2D eigenvalue weighted by Crippen LogP contribution is -2.43. The fourth-order valence-electron chi connectivity index (χ4n) is 3.43. The van der Waals surface area contributed by atoms with Crippen molar-refractivity contribution in [1.29, 1.82) is 0 Å². The highest BCUT2D eigenvalue weighted by Crippen LogP contribution is 2.17. The van der Waals surface area contributed by atoms with Crippen LogP contribution >= 0.6 is 0 Å². The molecule has 7 heteroatoms. The number of likely N-dealkylation sites (tertiary alicyclic amines) is 1. The summed E-state index contributed by atoms with van der Waals surface area (Å²) in [7, 11) is 0. The number of hydrogen-bond donors (Lipinski definition) is 2. The van der Waals surface area contributed by atoms with Crippen molar-refractivity contribution in [2.24, 2.45) is 5.73 Å². The minimum atomic E-state index is -0.349. The molecule has 3 rings (SSSR count). The Hall–Kier alpha value is -1.96. The van der Waals surface area contributed by atoms with E-state index in [1.165, 1.54) is 5.56 Å². The van der Waals surface area contributed by atoms with Crippen LogP contribution in [-0.2, 0) is 20.9 Å². The molecule has 0 spiro atoms. The van der Waals surface area contributed by atoms with Crippen LogP contribution in [0.3, 0.4) is 0 Å². The van der Waals surface area contributed by atoms with Gasteiger partial charge in [0.2, 0.25) is 11.8 Å². The molecule has 7 nitrogen and oxygen atoms in total. The summed E-state index contributed by atoms with van der Waals surface area (Å²) in [5.74, 6) is -0.466. The average molecular weight is 346 g/mol. The van der Waals surface area contributed by atoms with Crippen LogP contribution in [0.5, 0.6) is 0 Å². The van der Waals surface area contributed by atoms with Gasteiger partial charge >= 0.3 is 0 Å². The predicted molar refractivity (Wildman–Crippen MR) is 95.0 cm³/mol. The van der Waals surface area contributed by atoms with E-state index in [0.717, 1.165) is 57.9 Å². The second-order valence-electron chi connectivity index (χ2n) is 6.66. The molecule has 2 fully saturated rings. The van der Waals surface area contributed by atoms with E-state index in [1.54, 1.807) is 0 Å². The van der Waals surface area contributed by atoms with Gasteiger partial charge < -0.3 is 15.8 Å². The fourth-order valence-corrected chi connectivity index (χ4v) is 3.43. The molecule has 1 atom stereocenters. The number of nitrogens with two attached hydrogens (primary N) is 1. The number of carbonyl (C=O) groups is 2. The summed E-state index contributed by atoms with van der Waals surface area (Å²) < 4.78 is 5.36. The third-order valence-corrected chi connectivity index (χ3v) is 4.79. The molecule has 0 bridgehead atoms. The molecular weight excluding hydrogens is 320 g/mol. The summed E-state index contributed by atoms with van der Waals surface area (Å²) in [4.78, 5) is 27.8. The zero-order valence-corrected chi connectivity index (χ0v) is 14.4. The van der Waals surface area contributed by atoms with Crippen LogP contribution in [0.15, 0.2) is 24.3 Å². The summed E-state index contributed by atoms with van der Waals surface area (Å²) in [6.07, 6.45) is 1.63. The maximum absolute atomic E-state index is 12.2. The Balaban J connectivity index is 1.49. The van der Waals surface area contributed by atoms with Gasteiger partial charge in [-0.3, -0.25) is 19.4 Å². The SMILES string of the molecule is NC(=O)[C@H]1CCCN1CC(=O)Nc1ccc(CN2CCOCC2)cc1. The van der Waals surface area contributed by atoms with Gasteiger partial charge in [-0.2, -0.15) is 0 Å². The highest BCUT2D eigenvalue weighted by molar-refractivity contribution is 5.92. The first-order valence-corrected chi connectivity index (χ1v) is 8.84. The Morgan fingerprint density at radius 1 is 1.16 bits per heavy atom. The molecule has 2 aliphatic heterocycles. The first-order valence-electron chi connectivity index (χ1n) is 8.84. The van der Waals surface area contributed by atoms with Gasteiger partial charge in [0, 0.05) is 25.3 Å². The monoisotopic (exact) mass is 346 g/mol. The standard InChI is InChI=1S/C18H26N4O3/c19-18(24)16-2-1-7-22(16)13-17(23)20-15-5-3-14(4-6-15)12-21-8-10-25-11-9-21/h3-6,16H,1-2,7-13H2,(H2,19,24)(H,20,23)/t16-/m1/s1. The first kappa shape index (κ1) is 17.8. The van der Waals surface area contributed by atoms with Gasteiger partial charge in [0.1, 0.15) is 0 Å². The molecule has 0 aromatic heterocycles. The van der Waals surface area contributed by atoms with E-state index < -0.39 is 0 Å². The van der Waals surface area contributed by atoms with Gasteiger partial charge in [-0.1, -0.05) is 12.1 Å². The van der Waals surface area contributed by atoms with Gasteiger partial charge in [0.15, 0.2) is 0 Å². The Labute approximate surface area is 148 Å². The average Bonchev–Trinajstić information content (AvgIpc) is 3.06. The minimum absolute atomic E-state index is 0.117. The van der Waals surface area contributed by atoms with E-state index in [9.17, 15) is 9.59 Å². The number of carbonyl (C=O) groups excluding carboxylic acids is 2. The Kier molecular flexibility index (Phi) is 6.01. The summed E-state index contributed by atoms with van der Waals surface area (Å²) in [6.45, 7) is 5.31. The lowest BCUT2D eigenvalue weighted by Gasteiger charge is -2.26. The second-order valence-corrected chi connectivity index (χ2v) is 6.66. The molecule has 1 aromatic rings. The topological polar surface area (TPSA) is 87.9 Å². The molecule has 0 aliphatic carbocycles. The molecule has 0 unspecified atom stereocenters. The number of primary amides is 1. The van der Waals surface area contributed by atoms with Crippen LogP contribution in [0.25, 0.3) is 0 Å². The number of rotatable bonds is 6. The zero-order valence-electron chi connectivity index (χ0n) is 14.4. The Bertz CT molecular complexity index is 599. The highest BCUT2D eigenvalue weighted by Gasteiger charge is 2.30. The maximum Gasteiger partial charge on any atom is 0.238 e. The lowest BCUT2D eigenvalue weighted by atomic mass is 10.2. The van der Waals surface area contributed by atoms with E-state index in [-0.39, 0.29) is 24.4 Å². The fraction of sp³-hybridized carbons (Fsp3) is 0.556. The van der Waals surface area contributed by atoms with Crippen molar-refractivity contribution in [3.63, 3.8) is 0 Å². The van der Waals surface area contributed by atoms with Gasteiger partial charge in [-0.25, -0.2) is 0 Å². The molecule has 3 N–H and O–H groups in total. The van der Waals surface area contributed by atoms with Crippen molar-refractivity contribution in [2.45, 2.75) is 25.4 Å². The number of hydrogen-bond acceptors (Lipinski definition) is 5. The van der Waals surface area contributed by atoms with Crippen molar-refractivity contribution in [3.8, 4) is 0 Å². The van der Waals surface area contributed by atoms with E-state index in [2.05, 4.69) is 10.2 Å². The van der Waals surface area contributed by atoms with Gasteiger partial charge in [0.25, 0.3) is 0 Å². The van der Waals surface area contributed by atoms with Crippen LogP contribution in [0.1, 0.15) is 18.4 Å². The highest BCUT2D eigenvalue weighted by atomic mass is 16.5. The molecule has 1 aromatic carbocycles. The van der Waals surface area contributed by atoms with Gasteiger partial charge in [-0.05, 0) is 37.1 Å². The Morgan fingerprint density at radius 2 is 1.88 bits per heavy atom. The van der Waals surface area contributed by atoms with Crippen LogP contribution < -0.4 is 11.1 Å². The van der Waals surface area contributed by atoms with Crippen LogP contribution in [-0.4, -0.2) is 67.0 Å². The molecule has 25 heavy (non-hydrogen) atoms. The molecule has 2 heterocycles. The number of benzene rings is 1. The molecule has 2 aliphatic rings. The van der Waals surface area contributed by atoms with Gasteiger partial charge in [-0.15, -0.1) is 0 Å². The number of morpholine rings is 1. The molecule has 136 valence electrons. The van der Waals surface area contributed by atoms with E-state index in [1.807, 2.05) is 29.2 Å². The number of nitrogens with zero attached hydrogens (tertiary/aromatic N) is 2. The number of amides is 2. The zero-order chi connectivity index (χ0) is 17.6. The lowest BCUT2D eigenvalue weighted by molar-refractivity contribution is -0.123. The molecule has 2 saturated heterocycles. The summed E-state index contributed by atoms with van der Waals surface area (Å²) in [5, 5.41) is 2.89. The van der Waals surface area contributed by atoms with Crippen LogP contribution in [0.2, 0.25) is 0 Å². The number of nitrogens with one attached hydrogen (secondary N) is 1. The van der Waals surface area contributed by atoms with E-state index in [4.69, 9.17) is 10.5 Å². The Morgan fingerprint density at radius 3 is 2.56 bits per heavy atom. The third-order valence-electron chi connectivity index (χ3n) is 4.79. The summed E-state index contributed by atoms with van der Waals surface area (Å²) >= 11 is 0. The largest absolute Gasteiger partial charge is 0.379 e. The number of ether oxygens (including phenoxy) is 1. The predicted octanol–water partition coefficient (Wildman–Crippen LogP) is 0.407. The minimum Gasteiger partial charge on any atom is -0.379 e. The first-order chi connectivity index (χ1) is 12.1. The summed E-state index contributed by atoms with van der Waals surface area (Å²) in [6, 6.07) is 7.59. The molecule has 0 radical (unpaired) electrons. The maximum atomic E-state index is 12.2. The van der Waals surface area contributed by atoms with Crippen molar-refractivity contribution in [3.05, 3.63) is 29.8 Å². The van der Waals surface area contributed by atoms with Crippen molar-refractivity contribution in [1.82, 2.24) is 9.80 Å². The van der Waals surface area contributed by atoms with Crippen molar-refractivity contribution < 1.29 is 14.3 Å². The third kappa shape index (κ3) is 5.01. The normalized spacial score (nSPS) is 22.0. The smallest absolute Gasteiger partial charge is 0.238 e. The summed E-state index contributed by atoms with van der Waals surface area (Å²) in [5.41, 5.74) is 7.37.